The molecular formula is C12H16FN3O2. The molecule has 0 radical (unpaired) electrons. The topological polar surface area (TPSA) is 79.5 Å². The Morgan fingerprint density at radius 3 is 2.94 bits per heavy atom. The number of halogens is 1. The first-order valence-electron chi connectivity index (χ1n) is 5.53. The summed E-state index contributed by atoms with van der Waals surface area (Å²) < 4.78 is 13.5. The highest BCUT2D eigenvalue weighted by atomic mass is 19.1. The number of nitrogens with two attached hydrogens (primary N) is 1. The predicted molar refractivity (Wildman–Crippen MR) is 65.5 cm³/mol. The molecular weight excluding hydrogens is 237 g/mol. The quantitative estimate of drug-likeness (QED) is 0.784. The molecule has 1 atom stereocenters. The smallest absolute Gasteiger partial charge is 0.408 e. The van der Waals surface area contributed by atoms with E-state index in [-0.39, 0.29) is 12.2 Å². The molecule has 6 heteroatoms. The van der Waals surface area contributed by atoms with Gasteiger partial charge in [-0.1, -0.05) is 12.2 Å². The van der Waals surface area contributed by atoms with Gasteiger partial charge in [0.1, 0.15) is 5.82 Å². The molecule has 0 spiro atoms. The van der Waals surface area contributed by atoms with Gasteiger partial charge >= 0.3 is 6.09 Å². The second-order valence-electron chi connectivity index (χ2n) is 3.69. The van der Waals surface area contributed by atoms with Crippen molar-refractivity contribution in [1.29, 1.82) is 0 Å². The summed E-state index contributed by atoms with van der Waals surface area (Å²) in [6.45, 7) is 2.07. The van der Waals surface area contributed by atoms with Crippen LogP contribution in [0.2, 0.25) is 0 Å². The molecule has 1 unspecified atom stereocenters. The van der Waals surface area contributed by atoms with Crippen LogP contribution < -0.4 is 5.73 Å². The first-order valence-corrected chi connectivity index (χ1v) is 5.53. The molecule has 1 aromatic heterocycles. The van der Waals surface area contributed by atoms with Crippen LogP contribution in [0.3, 0.4) is 0 Å². The fourth-order valence-corrected chi connectivity index (χ4v) is 1.54. The van der Waals surface area contributed by atoms with Gasteiger partial charge in [0, 0.05) is 19.3 Å². The molecule has 1 heterocycles. The molecule has 0 aromatic carbocycles. The van der Waals surface area contributed by atoms with Crippen LogP contribution in [0.15, 0.2) is 30.5 Å². The van der Waals surface area contributed by atoms with Crippen LogP contribution in [0.4, 0.5) is 9.18 Å². The summed E-state index contributed by atoms with van der Waals surface area (Å²) in [4.78, 5) is 16.1. The van der Waals surface area contributed by atoms with Gasteiger partial charge in [0.05, 0.1) is 11.7 Å². The molecule has 18 heavy (non-hydrogen) atoms. The Bertz CT molecular complexity index is 437. The van der Waals surface area contributed by atoms with E-state index in [0.717, 1.165) is 4.90 Å². The lowest BCUT2D eigenvalue weighted by Crippen LogP contribution is -2.33. The number of hydrogen-bond acceptors (Lipinski definition) is 3. The summed E-state index contributed by atoms with van der Waals surface area (Å²) >= 11 is 0. The maximum absolute atomic E-state index is 13.5. The number of carboxylic acid groups (broad SMARTS) is 1. The Kier molecular flexibility index (Phi) is 5.26. The van der Waals surface area contributed by atoms with E-state index in [1.165, 1.54) is 18.3 Å². The van der Waals surface area contributed by atoms with Crippen molar-refractivity contribution in [3.63, 3.8) is 0 Å². The van der Waals surface area contributed by atoms with E-state index in [0.29, 0.717) is 6.54 Å². The number of amides is 1. The Morgan fingerprint density at radius 1 is 1.67 bits per heavy atom. The van der Waals surface area contributed by atoms with E-state index >= 15 is 0 Å². The lowest BCUT2D eigenvalue weighted by Gasteiger charge is -2.24. The SMILES string of the molecule is CC(c1ncccc1F)N(C/C=C/CN)C(=O)O. The highest BCUT2D eigenvalue weighted by Gasteiger charge is 2.23. The molecule has 98 valence electrons. The molecule has 0 bridgehead atoms. The molecule has 1 aromatic rings. The van der Waals surface area contributed by atoms with E-state index in [9.17, 15) is 9.18 Å². The Morgan fingerprint density at radius 2 is 2.39 bits per heavy atom. The minimum absolute atomic E-state index is 0.112. The third-order valence-corrected chi connectivity index (χ3v) is 2.50. The molecule has 1 rings (SSSR count). The van der Waals surface area contributed by atoms with Crippen molar-refractivity contribution in [2.45, 2.75) is 13.0 Å². The summed E-state index contributed by atoms with van der Waals surface area (Å²) in [5.41, 5.74) is 5.39. The number of hydrogen-bond donors (Lipinski definition) is 2. The maximum Gasteiger partial charge on any atom is 0.408 e. The lowest BCUT2D eigenvalue weighted by molar-refractivity contribution is 0.132. The van der Waals surface area contributed by atoms with Gasteiger partial charge in [-0.25, -0.2) is 9.18 Å². The molecule has 0 fully saturated rings. The summed E-state index contributed by atoms with van der Waals surface area (Å²) in [6, 6.07) is 2.06. The van der Waals surface area contributed by atoms with E-state index in [2.05, 4.69) is 4.98 Å². The van der Waals surface area contributed by atoms with E-state index in [4.69, 9.17) is 10.8 Å². The molecule has 5 nitrogen and oxygen atoms in total. The maximum atomic E-state index is 13.5. The Labute approximate surface area is 105 Å². The van der Waals surface area contributed by atoms with Gasteiger partial charge in [0.25, 0.3) is 0 Å². The van der Waals surface area contributed by atoms with Gasteiger partial charge in [-0.15, -0.1) is 0 Å². The molecule has 0 saturated carbocycles. The fourth-order valence-electron chi connectivity index (χ4n) is 1.54. The van der Waals surface area contributed by atoms with E-state index in [1.807, 2.05) is 0 Å². The minimum atomic E-state index is -1.13. The number of rotatable bonds is 5. The van der Waals surface area contributed by atoms with Crippen LogP contribution in [-0.2, 0) is 0 Å². The van der Waals surface area contributed by atoms with Gasteiger partial charge in [-0.3, -0.25) is 9.88 Å². The molecule has 0 aliphatic rings. The monoisotopic (exact) mass is 253 g/mol. The van der Waals surface area contributed by atoms with Crippen molar-refractivity contribution in [1.82, 2.24) is 9.88 Å². The van der Waals surface area contributed by atoms with Gasteiger partial charge in [0.15, 0.2) is 0 Å². The second kappa shape index (κ2) is 6.70. The van der Waals surface area contributed by atoms with Gasteiger partial charge in [-0.05, 0) is 19.1 Å². The first kappa shape index (κ1) is 14.1. The van der Waals surface area contributed by atoms with Crippen molar-refractivity contribution in [3.8, 4) is 0 Å². The average molecular weight is 253 g/mol. The van der Waals surface area contributed by atoms with Crippen molar-refractivity contribution >= 4 is 6.09 Å². The zero-order chi connectivity index (χ0) is 13.5. The second-order valence-corrected chi connectivity index (χ2v) is 3.69. The number of aromatic nitrogens is 1. The molecule has 1 amide bonds. The number of carbonyl (C=O) groups is 1. The van der Waals surface area contributed by atoms with Crippen molar-refractivity contribution in [2.24, 2.45) is 5.73 Å². The van der Waals surface area contributed by atoms with Gasteiger partial charge < -0.3 is 10.8 Å². The number of pyridine rings is 1. The van der Waals surface area contributed by atoms with E-state index < -0.39 is 18.0 Å². The normalized spacial score (nSPS) is 12.6. The molecule has 0 saturated heterocycles. The van der Waals surface area contributed by atoms with Crippen molar-refractivity contribution in [2.75, 3.05) is 13.1 Å². The molecule has 3 N–H and O–H groups in total. The Balaban J connectivity index is 2.89. The van der Waals surface area contributed by atoms with Crippen LogP contribution >= 0.6 is 0 Å². The number of nitrogens with zero attached hydrogens (tertiary/aromatic N) is 2. The highest BCUT2D eigenvalue weighted by molar-refractivity contribution is 5.65. The lowest BCUT2D eigenvalue weighted by atomic mass is 10.2. The third kappa shape index (κ3) is 3.53. The minimum Gasteiger partial charge on any atom is -0.465 e. The summed E-state index contributed by atoms with van der Waals surface area (Å²) in [6.07, 6.45) is 3.59. The first-order chi connectivity index (χ1) is 8.57. The Hall–Kier alpha value is -1.95. The zero-order valence-electron chi connectivity index (χ0n) is 10.1. The van der Waals surface area contributed by atoms with Crippen LogP contribution in [0.5, 0.6) is 0 Å². The summed E-state index contributed by atoms with van der Waals surface area (Å²) in [7, 11) is 0. The summed E-state index contributed by atoms with van der Waals surface area (Å²) in [5, 5.41) is 9.11. The van der Waals surface area contributed by atoms with Crippen LogP contribution in [0, 0.1) is 5.82 Å². The standard InChI is InChI=1S/C12H16FN3O2/c1-9(11-10(13)5-4-7-15-11)16(12(17)18)8-3-2-6-14/h2-5,7,9H,6,8,14H2,1H3,(H,17,18)/b3-2+. The third-order valence-electron chi connectivity index (χ3n) is 2.50. The molecule has 0 aliphatic heterocycles. The fraction of sp³-hybridized carbons (Fsp3) is 0.333. The van der Waals surface area contributed by atoms with Crippen molar-refractivity contribution < 1.29 is 14.3 Å². The average Bonchev–Trinajstić information content (AvgIpc) is 2.34. The zero-order valence-corrected chi connectivity index (χ0v) is 10.1. The predicted octanol–water partition coefficient (Wildman–Crippen LogP) is 1.78. The van der Waals surface area contributed by atoms with Crippen molar-refractivity contribution in [3.05, 3.63) is 42.0 Å². The van der Waals surface area contributed by atoms with Gasteiger partial charge in [-0.2, -0.15) is 0 Å². The molecule has 0 aliphatic carbocycles. The van der Waals surface area contributed by atoms with Crippen LogP contribution in [-0.4, -0.2) is 34.2 Å². The highest BCUT2D eigenvalue weighted by Crippen LogP contribution is 2.20. The van der Waals surface area contributed by atoms with Gasteiger partial charge in [0.2, 0.25) is 0 Å². The van der Waals surface area contributed by atoms with Crippen LogP contribution in [0.1, 0.15) is 18.7 Å². The van der Waals surface area contributed by atoms with Crippen LogP contribution in [0.25, 0.3) is 0 Å². The largest absolute Gasteiger partial charge is 0.465 e. The van der Waals surface area contributed by atoms with E-state index in [1.54, 1.807) is 19.1 Å². The summed E-state index contributed by atoms with van der Waals surface area (Å²) in [5.74, 6) is -0.515.